The fourth-order valence-corrected chi connectivity index (χ4v) is 1.20. The Bertz CT molecular complexity index is 266. The average molecular weight is 214 g/mol. The highest BCUT2D eigenvalue weighted by Gasteiger charge is 2.41. The lowest BCUT2D eigenvalue weighted by atomic mass is 10.1. The molecule has 2 nitrogen and oxygen atoms in total. The minimum Gasteiger partial charge on any atom is -0.365 e. The number of pyridine rings is 1. The maximum absolute atomic E-state index is 5.27. The number of halogens is 1. The SMILES string of the molecule is CC1(c2ccc(Br)nc2)CO1. The number of hydrogen-bond donors (Lipinski definition) is 0. The van der Waals surface area contributed by atoms with Crippen LogP contribution in [0.1, 0.15) is 12.5 Å². The van der Waals surface area contributed by atoms with Crippen LogP contribution in [0.25, 0.3) is 0 Å². The Morgan fingerprint density at radius 3 is 2.82 bits per heavy atom. The second kappa shape index (κ2) is 2.29. The predicted octanol–water partition coefficient (Wildman–Crippen LogP) is 2.09. The van der Waals surface area contributed by atoms with Crippen LogP contribution in [-0.2, 0) is 10.3 Å². The van der Waals surface area contributed by atoms with Gasteiger partial charge in [-0.2, -0.15) is 0 Å². The van der Waals surface area contributed by atoms with Crippen molar-refractivity contribution < 1.29 is 4.74 Å². The molecule has 58 valence electrons. The third-order valence-electron chi connectivity index (χ3n) is 1.92. The van der Waals surface area contributed by atoms with Gasteiger partial charge in [-0.05, 0) is 28.9 Å². The Morgan fingerprint density at radius 2 is 2.36 bits per heavy atom. The Balaban J connectivity index is 2.33. The van der Waals surface area contributed by atoms with E-state index >= 15 is 0 Å². The van der Waals surface area contributed by atoms with Crippen LogP contribution in [0.4, 0.5) is 0 Å². The second-order valence-corrected chi connectivity index (χ2v) is 3.70. The average Bonchev–Trinajstić information content (AvgIpc) is 2.70. The maximum Gasteiger partial charge on any atom is 0.115 e. The van der Waals surface area contributed by atoms with E-state index in [1.54, 1.807) is 0 Å². The van der Waals surface area contributed by atoms with Crippen molar-refractivity contribution in [3.05, 3.63) is 28.5 Å². The molecule has 1 aliphatic rings. The Morgan fingerprint density at radius 1 is 1.64 bits per heavy atom. The summed E-state index contributed by atoms with van der Waals surface area (Å²) in [6.45, 7) is 2.88. The van der Waals surface area contributed by atoms with Crippen molar-refractivity contribution in [1.29, 1.82) is 0 Å². The summed E-state index contributed by atoms with van der Waals surface area (Å²) in [5, 5.41) is 0. The van der Waals surface area contributed by atoms with E-state index in [9.17, 15) is 0 Å². The van der Waals surface area contributed by atoms with Gasteiger partial charge in [-0.1, -0.05) is 6.07 Å². The van der Waals surface area contributed by atoms with Crippen LogP contribution in [0.15, 0.2) is 22.9 Å². The molecule has 0 spiro atoms. The molecule has 0 aliphatic carbocycles. The van der Waals surface area contributed by atoms with Crippen molar-refractivity contribution in [2.45, 2.75) is 12.5 Å². The molecule has 3 heteroatoms. The quantitative estimate of drug-likeness (QED) is 0.528. The van der Waals surface area contributed by atoms with Gasteiger partial charge in [0.15, 0.2) is 0 Å². The molecule has 0 N–H and O–H groups in total. The van der Waals surface area contributed by atoms with E-state index in [0.29, 0.717) is 0 Å². The van der Waals surface area contributed by atoms with Crippen LogP contribution in [0.3, 0.4) is 0 Å². The molecule has 2 heterocycles. The fourth-order valence-electron chi connectivity index (χ4n) is 0.964. The van der Waals surface area contributed by atoms with Crippen LogP contribution in [0, 0.1) is 0 Å². The molecule has 0 saturated carbocycles. The number of rotatable bonds is 1. The third kappa shape index (κ3) is 1.30. The van der Waals surface area contributed by atoms with Crippen LogP contribution in [0.5, 0.6) is 0 Å². The molecule has 1 saturated heterocycles. The van der Waals surface area contributed by atoms with Gasteiger partial charge in [-0.15, -0.1) is 0 Å². The Kier molecular flexibility index (Phi) is 1.51. The van der Waals surface area contributed by atoms with Crippen molar-refractivity contribution in [2.75, 3.05) is 6.61 Å². The fraction of sp³-hybridized carbons (Fsp3) is 0.375. The van der Waals surface area contributed by atoms with Gasteiger partial charge in [-0.3, -0.25) is 0 Å². The lowest BCUT2D eigenvalue weighted by Gasteiger charge is -2.02. The summed E-state index contributed by atoms with van der Waals surface area (Å²) in [7, 11) is 0. The highest BCUT2D eigenvalue weighted by molar-refractivity contribution is 9.10. The maximum atomic E-state index is 5.27. The minimum atomic E-state index is -0.0479. The Labute approximate surface area is 73.7 Å². The summed E-state index contributed by atoms with van der Waals surface area (Å²) in [4.78, 5) is 4.12. The summed E-state index contributed by atoms with van der Waals surface area (Å²) in [6.07, 6.45) is 1.84. The first kappa shape index (κ1) is 7.25. The molecule has 0 radical (unpaired) electrons. The van der Waals surface area contributed by atoms with Gasteiger partial charge in [0.2, 0.25) is 0 Å². The summed E-state index contributed by atoms with van der Waals surface area (Å²) < 4.78 is 6.13. The van der Waals surface area contributed by atoms with Crippen LogP contribution in [-0.4, -0.2) is 11.6 Å². The first-order valence-electron chi connectivity index (χ1n) is 3.47. The zero-order valence-corrected chi connectivity index (χ0v) is 7.76. The number of hydrogen-bond acceptors (Lipinski definition) is 2. The molecule has 1 atom stereocenters. The van der Waals surface area contributed by atoms with Crippen LogP contribution in [0.2, 0.25) is 0 Å². The van der Waals surface area contributed by atoms with Gasteiger partial charge in [0.1, 0.15) is 10.2 Å². The Hall–Kier alpha value is -0.410. The summed E-state index contributed by atoms with van der Waals surface area (Å²) in [5.41, 5.74) is 1.11. The molecule has 1 fully saturated rings. The number of ether oxygens (including phenoxy) is 1. The van der Waals surface area contributed by atoms with E-state index < -0.39 is 0 Å². The molecule has 1 aromatic rings. The lowest BCUT2D eigenvalue weighted by molar-refractivity contribution is 0.329. The normalized spacial score (nSPS) is 28.5. The molecule has 1 aromatic heterocycles. The molecular formula is C8H8BrNO. The zero-order valence-electron chi connectivity index (χ0n) is 6.17. The standard InChI is InChI=1S/C8H8BrNO/c1-8(5-11-8)6-2-3-7(9)10-4-6/h2-4H,5H2,1H3. The minimum absolute atomic E-state index is 0.0479. The van der Waals surface area contributed by atoms with Gasteiger partial charge in [0.05, 0.1) is 6.61 Å². The van der Waals surface area contributed by atoms with Crippen molar-refractivity contribution in [3.8, 4) is 0 Å². The monoisotopic (exact) mass is 213 g/mol. The molecule has 11 heavy (non-hydrogen) atoms. The number of nitrogens with zero attached hydrogens (tertiary/aromatic N) is 1. The molecule has 2 rings (SSSR count). The van der Waals surface area contributed by atoms with Crippen molar-refractivity contribution in [2.24, 2.45) is 0 Å². The summed E-state index contributed by atoms with van der Waals surface area (Å²) in [5.74, 6) is 0. The first-order valence-corrected chi connectivity index (χ1v) is 4.26. The van der Waals surface area contributed by atoms with E-state index in [1.165, 1.54) is 0 Å². The van der Waals surface area contributed by atoms with E-state index in [0.717, 1.165) is 16.8 Å². The van der Waals surface area contributed by atoms with Crippen molar-refractivity contribution in [1.82, 2.24) is 4.98 Å². The van der Waals surface area contributed by atoms with Gasteiger partial charge < -0.3 is 4.74 Å². The van der Waals surface area contributed by atoms with Crippen LogP contribution >= 0.6 is 15.9 Å². The van der Waals surface area contributed by atoms with Crippen molar-refractivity contribution >= 4 is 15.9 Å². The van der Waals surface area contributed by atoms with Gasteiger partial charge in [-0.25, -0.2) is 4.98 Å². The number of epoxide rings is 1. The van der Waals surface area contributed by atoms with E-state index in [2.05, 4.69) is 27.8 Å². The highest BCUT2D eigenvalue weighted by Crippen LogP contribution is 2.37. The van der Waals surface area contributed by atoms with E-state index in [4.69, 9.17) is 4.74 Å². The summed E-state index contributed by atoms with van der Waals surface area (Å²) >= 11 is 3.28. The zero-order chi connectivity index (χ0) is 7.90. The van der Waals surface area contributed by atoms with E-state index in [-0.39, 0.29) is 5.60 Å². The highest BCUT2D eigenvalue weighted by atomic mass is 79.9. The topological polar surface area (TPSA) is 25.4 Å². The molecule has 0 amide bonds. The molecule has 0 aromatic carbocycles. The van der Waals surface area contributed by atoms with Gasteiger partial charge in [0.25, 0.3) is 0 Å². The van der Waals surface area contributed by atoms with Gasteiger partial charge in [0, 0.05) is 11.8 Å². The van der Waals surface area contributed by atoms with Gasteiger partial charge >= 0.3 is 0 Å². The number of aromatic nitrogens is 1. The summed E-state index contributed by atoms with van der Waals surface area (Å²) in [6, 6.07) is 3.96. The van der Waals surface area contributed by atoms with Crippen molar-refractivity contribution in [3.63, 3.8) is 0 Å². The smallest absolute Gasteiger partial charge is 0.115 e. The molecule has 0 bridgehead atoms. The largest absolute Gasteiger partial charge is 0.365 e. The molecule has 1 unspecified atom stereocenters. The first-order chi connectivity index (χ1) is 5.21. The predicted molar refractivity (Wildman–Crippen MR) is 45.2 cm³/mol. The molecule has 1 aliphatic heterocycles. The lowest BCUT2D eigenvalue weighted by Crippen LogP contribution is -2.01. The second-order valence-electron chi connectivity index (χ2n) is 2.89. The third-order valence-corrected chi connectivity index (χ3v) is 2.38. The molecular weight excluding hydrogens is 206 g/mol. The van der Waals surface area contributed by atoms with E-state index in [1.807, 2.05) is 18.3 Å². The van der Waals surface area contributed by atoms with Crippen LogP contribution < -0.4 is 0 Å².